The van der Waals surface area contributed by atoms with Crippen LogP contribution in [0.5, 0.6) is 0 Å². The van der Waals surface area contributed by atoms with Crippen molar-refractivity contribution in [1.82, 2.24) is 4.57 Å². The maximum atomic E-state index is 14.1. The average Bonchev–Trinajstić information content (AvgIpc) is 3.84. The summed E-state index contributed by atoms with van der Waals surface area (Å²) in [6, 6.07) is 28.5. The van der Waals surface area contributed by atoms with Gasteiger partial charge in [0.25, 0.3) is 10.0 Å². The summed E-state index contributed by atoms with van der Waals surface area (Å²) in [7, 11) is 0. The Labute approximate surface area is 328 Å². The molecule has 0 amide bonds. The van der Waals surface area contributed by atoms with E-state index in [4.69, 9.17) is 0 Å². The number of ketones is 2. The van der Waals surface area contributed by atoms with Gasteiger partial charge in [-0.15, -0.1) is 0 Å². The molecule has 2 N–H and O–H groups in total. The number of benzene rings is 4. The number of thiazole rings is 2. The van der Waals surface area contributed by atoms with Crippen LogP contribution in [0.4, 0.5) is 0 Å². The molecule has 3 aromatic heterocycles. The summed E-state index contributed by atoms with van der Waals surface area (Å²) in [4.78, 5) is 28.1. The first-order valence-corrected chi connectivity index (χ1v) is 21.3. The number of allylic oxidation sites excluding steroid dienone is 4. The van der Waals surface area contributed by atoms with Crippen molar-refractivity contribution in [2.75, 3.05) is 0 Å². The van der Waals surface area contributed by atoms with E-state index in [1.807, 2.05) is 48.5 Å². The highest BCUT2D eigenvalue weighted by Gasteiger charge is 2.49. The van der Waals surface area contributed by atoms with Crippen molar-refractivity contribution >= 4 is 87.6 Å². The predicted octanol–water partition coefficient (Wildman–Crippen LogP) is 10.5. The molecule has 9 rings (SSSR count). The van der Waals surface area contributed by atoms with Gasteiger partial charge in [-0.25, -0.2) is 0 Å². The van der Waals surface area contributed by atoms with Crippen molar-refractivity contribution in [1.29, 1.82) is 0 Å². The van der Waals surface area contributed by atoms with Crippen LogP contribution >= 0.6 is 22.7 Å². The quantitative estimate of drug-likeness (QED) is 0.114. The highest BCUT2D eigenvalue weighted by molar-refractivity contribution is 7.18. The van der Waals surface area contributed by atoms with Crippen LogP contribution in [0, 0.1) is 0 Å². The Morgan fingerprint density at radius 2 is 1.04 bits per heavy atom. The third-order valence-corrected chi connectivity index (χ3v) is 14.0. The summed E-state index contributed by atoms with van der Waals surface area (Å²) in [5, 5.41) is 27.0. The predicted molar refractivity (Wildman–Crippen MR) is 223 cm³/mol. The lowest BCUT2D eigenvalue weighted by Crippen LogP contribution is -2.42. The first-order valence-electron chi connectivity index (χ1n) is 19.7. The minimum Gasteiger partial charge on any atom is -0.510 e. The highest BCUT2D eigenvalue weighted by atomic mass is 32.1. The van der Waals surface area contributed by atoms with Crippen molar-refractivity contribution in [3.8, 4) is 0 Å². The largest absolute Gasteiger partial charge is 0.510 e. The molecule has 0 radical (unpaired) electrons. The summed E-state index contributed by atoms with van der Waals surface area (Å²) < 4.78 is 8.95. The normalized spacial score (nSPS) is 17.4. The maximum absolute atomic E-state index is 14.1. The van der Waals surface area contributed by atoms with E-state index >= 15 is 0 Å². The Hall–Kier alpha value is -5.12. The van der Waals surface area contributed by atoms with Crippen molar-refractivity contribution in [3.05, 3.63) is 118 Å². The molecule has 7 nitrogen and oxygen atoms in total. The van der Waals surface area contributed by atoms with E-state index in [0.29, 0.717) is 22.3 Å². The topological polar surface area (TPSA) is 87.3 Å². The average molecular weight is 768 g/mol. The van der Waals surface area contributed by atoms with E-state index in [1.54, 1.807) is 22.7 Å². The van der Waals surface area contributed by atoms with Gasteiger partial charge >= 0.3 is 0 Å². The number of aliphatic hydroxyl groups excluding tert-OH is 2. The lowest BCUT2D eigenvalue weighted by molar-refractivity contribution is -0.675. The molecule has 0 aliphatic heterocycles. The molecule has 0 bridgehead atoms. The van der Waals surface area contributed by atoms with Gasteiger partial charge < -0.3 is 14.8 Å². The molecule has 3 heterocycles. The lowest BCUT2D eigenvalue weighted by atomic mass is 9.78. The Morgan fingerprint density at radius 3 is 1.45 bits per heavy atom. The number of hydrogen-bond donors (Lipinski definition) is 2. The van der Waals surface area contributed by atoms with Crippen molar-refractivity contribution in [2.45, 2.75) is 90.8 Å². The number of aryl methyl sites for hydroxylation is 3. The van der Waals surface area contributed by atoms with Crippen molar-refractivity contribution < 1.29 is 28.9 Å². The molecule has 2 aliphatic rings. The second kappa shape index (κ2) is 14.2. The molecule has 0 saturated heterocycles. The van der Waals surface area contributed by atoms with Crippen LogP contribution in [0.1, 0.15) is 92.3 Å². The zero-order valence-corrected chi connectivity index (χ0v) is 33.1. The second-order valence-corrected chi connectivity index (χ2v) is 17.0. The SMILES string of the molecule is CCCCn1c2ccc(C3=C(O)C(c4sc5ccccc5[n+]4CCCC)C3=O)cc2c2cc(C3=C(O)C(c4sc5ccccc5[n+]4CCCC)C3=O)ccc21. The Balaban J connectivity index is 1.12. The molecule has 9 heteroatoms. The molecule has 7 aromatic rings. The first kappa shape index (κ1) is 35.6. The van der Waals surface area contributed by atoms with Crippen LogP contribution < -0.4 is 9.13 Å². The van der Waals surface area contributed by atoms with Gasteiger partial charge in [-0.05, 0) is 53.9 Å². The maximum Gasteiger partial charge on any atom is 0.257 e. The van der Waals surface area contributed by atoms with E-state index < -0.39 is 11.8 Å². The molecule has 2 unspecified atom stereocenters. The van der Waals surface area contributed by atoms with E-state index in [0.717, 1.165) is 110 Å². The molecule has 0 saturated carbocycles. The number of Topliss-reactive ketones (excluding diaryl/α,β-unsaturated/α-hetero) is 2. The van der Waals surface area contributed by atoms with Gasteiger partial charge in [-0.2, -0.15) is 9.13 Å². The monoisotopic (exact) mass is 767 g/mol. The minimum absolute atomic E-state index is 0.0670. The Morgan fingerprint density at radius 1 is 0.600 bits per heavy atom. The number of aliphatic hydroxyl groups is 2. The third kappa shape index (κ3) is 5.57. The molecule has 2 atom stereocenters. The summed E-state index contributed by atoms with van der Waals surface area (Å²) in [6.07, 6.45) is 6.08. The summed E-state index contributed by atoms with van der Waals surface area (Å²) in [5.41, 5.74) is 6.38. The van der Waals surface area contributed by atoms with Gasteiger partial charge in [0.1, 0.15) is 34.0 Å². The van der Waals surface area contributed by atoms with Crippen molar-refractivity contribution in [2.24, 2.45) is 0 Å². The zero-order valence-electron chi connectivity index (χ0n) is 31.5. The Kier molecular flexibility index (Phi) is 9.17. The number of carbonyl (C=O) groups is 2. The van der Waals surface area contributed by atoms with Gasteiger partial charge in [-0.1, -0.05) is 99.1 Å². The summed E-state index contributed by atoms with van der Waals surface area (Å²) in [6.45, 7) is 8.92. The lowest BCUT2D eigenvalue weighted by Gasteiger charge is -2.25. The van der Waals surface area contributed by atoms with Crippen LogP contribution in [0.15, 0.2) is 96.4 Å². The number of aromatic nitrogens is 3. The van der Waals surface area contributed by atoms with Gasteiger partial charge in [-0.3, -0.25) is 9.59 Å². The van der Waals surface area contributed by atoms with E-state index in [9.17, 15) is 19.8 Å². The first-order chi connectivity index (χ1) is 26.9. The molecular formula is C46H45N3O4S2+2. The molecular weight excluding hydrogens is 723 g/mol. The smallest absolute Gasteiger partial charge is 0.257 e. The van der Waals surface area contributed by atoms with E-state index in [-0.39, 0.29) is 23.1 Å². The number of rotatable bonds is 13. The minimum atomic E-state index is -0.675. The summed E-state index contributed by atoms with van der Waals surface area (Å²) >= 11 is 3.17. The number of nitrogens with zero attached hydrogens (tertiary/aromatic N) is 3. The van der Waals surface area contributed by atoms with Gasteiger partial charge in [0.2, 0.25) is 11.0 Å². The zero-order chi connectivity index (χ0) is 38.0. The van der Waals surface area contributed by atoms with Gasteiger partial charge in [0, 0.05) is 53.3 Å². The standard InChI is InChI=1S/C46H43N3O4S2/c1-4-7-22-47-31-20-18-27(37-41(50)39(42(37)51)45-48(23-8-5-2)33-14-10-12-16-35(33)54-45)25-29(31)30-26-28(19-21-32(30)47)38-43(52)40(44(38)53)46-49(24-9-6-3)34-15-11-13-17-36(34)55-46/h10-21,25-26,39-40H,4-9,22-24H2,1-3H3/p+2. The molecule has 0 spiro atoms. The number of carbonyl (C=O) groups excluding carboxylic acids is 2. The van der Waals surface area contributed by atoms with E-state index in [1.165, 1.54) is 0 Å². The van der Waals surface area contributed by atoms with Crippen LogP contribution in [-0.2, 0) is 29.2 Å². The third-order valence-electron chi connectivity index (χ3n) is 11.5. The van der Waals surface area contributed by atoms with Crippen molar-refractivity contribution in [3.63, 3.8) is 0 Å². The molecule has 2 aliphatic carbocycles. The van der Waals surface area contributed by atoms with Crippen LogP contribution in [0.2, 0.25) is 0 Å². The number of fused-ring (bicyclic) bond motifs is 5. The van der Waals surface area contributed by atoms with Crippen LogP contribution in [-0.4, -0.2) is 26.3 Å². The fourth-order valence-electron chi connectivity index (χ4n) is 8.56. The fourth-order valence-corrected chi connectivity index (χ4v) is 11.1. The number of unbranched alkanes of at least 4 members (excludes halogenated alkanes) is 3. The molecule has 0 fully saturated rings. The molecule has 55 heavy (non-hydrogen) atoms. The van der Waals surface area contributed by atoms with Gasteiger partial charge in [0.15, 0.2) is 23.4 Å². The molecule has 278 valence electrons. The van der Waals surface area contributed by atoms with E-state index in [2.05, 4.69) is 70.9 Å². The van der Waals surface area contributed by atoms with Crippen LogP contribution in [0.25, 0.3) is 53.4 Å². The summed E-state index contributed by atoms with van der Waals surface area (Å²) in [5.74, 6) is -1.24. The Bertz CT molecular complexity index is 2580. The number of hydrogen-bond acceptors (Lipinski definition) is 6. The fraction of sp³-hybridized carbons (Fsp3) is 0.304. The molecule has 4 aromatic carbocycles. The second-order valence-electron chi connectivity index (χ2n) is 14.9. The highest BCUT2D eigenvalue weighted by Crippen LogP contribution is 2.47. The van der Waals surface area contributed by atoms with Crippen LogP contribution in [0.3, 0.4) is 0 Å². The number of para-hydroxylation sites is 2. The van der Waals surface area contributed by atoms with Gasteiger partial charge in [0.05, 0.1) is 11.1 Å².